The van der Waals surface area contributed by atoms with Gasteiger partial charge < -0.3 is 19.7 Å². The number of fused-ring (bicyclic) bond motifs is 1. The van der Waals surface area contributed by atoms with Gasteiger partial charge in [0, 0.05) is 32.0 Å². The molecule has 0 radical (unpaired) electrons. The number of anilines is 1. The van der Waals surface area contributed by atoms with Crippen LogP contribution >= 0.6 is 0 Å². The van der Waals surface area contributed by atoms with E-state index in [-0.39, 0.29) is 17.8 Å². The molecule has 4 rings (SSSR count). The lowest BCUT2D eigenvalue weighted by Gasteiger charge is -2.36. The molecule has 0 aromatic heterocycles. The Morgan fingerprint density at radius 1 is 0.951 bits per heavy atom. The first-order valence-corrected chi connectivity index (χ1v) is 14.4. The third-order valence-corrected chi connectivity index (χ3v) is 7.70. The Hall–Kier alpha value is -4.13. The van der Waals surface area contributed by atoms with E-state index in [1.54, 1.807) is 4.90 Å². The summed E-state index contributed by atoms with van der Waals surface area (Å²) in [5.74, 6) is 0.611. The number of benzene rings is 3. The van der Waals surface area contributed by atoms with Crippen LogP contribution in [0, 0.1) is 20.8 Å². The molecule has 1 aliphatic heterocycles. The van der Waals surface area contributed by atoms with E-state index in [9.17, 15) is 14.4 Å². The van der Waals surface area contributed by atoms with Gasteiger partial charge in [-0.25, -0.2) is 0 Å². The molecule has 0 fully saturated rings. The lowest BCUT2D eigenvalue weighted by Crippen LogP contribution is -2.50. The normalized spacial score (nSPS) is 14.3. The van der Waals surface area contributed by atoms with E-state index in [0.717, 1.165) is 58.4 Å². The number of carbonyl (C=O) groups excluding carboxylic acids is 3. The minimum Gasteiger partial charge on any atom is -0.489 e. The van der Waals surface area contributed by atoms with Crippen LogP contribution in [0.2, 0.25) is 0 Å². The van der Waals surface area contributed by atoms with Gasteiger partial charge in [0.2, 0.25) is 11.8 Å². The molecule has 1 aliphatic rings. The molecule has 41 heavy (non-hydrogen) atoms. The average molecular weight is 557 g/mol. The van der Waals surface area contributed by atoms with Crippen molar-refractivity contribution in [2.24, 2.45) is 0 Å². The first kappa shape index (κ1) is 29.8. The number of unbranched alkanes of at least 4 members (excludes halogenated alkanes) is 2. The van der Waals surface area contributed by atoms with E-state index < -0.39 is 6.04 Å². The van der Waals surface area contributed by atoms with Crippen LogP contribution in [0.4, 0.5) is 5.69 Å². The Morgan fingerprint density at radius 3 is 2.41 bits per heavy atom. The van der Waals surface area contributed by atoms with Crippen molar-refractivity contribution in [2.45, 2.75) is 85.9 Å². The molecule has 0 aliphatic carbocycles. The topological polar surface area (TPSA) is 84.9 Å². The van der Waals surface area contributed by atoms with Crippen LogP contribution in [0.5, 0.6) is 11.5 Å². The zero-order valence-corrected chi connectivity index (χ0v) is 24.7. The molecule has 216 valence electrons. The number of carbonyl (C=O) groups is 3. The van der Waals surface area contributed by atoms with E-state index in [4.69, 9.17) is 9.47 Å². The van der Waals surface area contributed by atoms with E-state index in [2.05, 4.69) is 12.2 Å². The third kappa shape index (κ3) is 7.34. The van der Waals surface area contributed by atoms with Gasteiger partial charge in [-0.05, 0) is 78.8 Å². The Balaban J connectivity index is 1.57. The van der Waals surface area contributed by atoms with E-state index >= 15 is 0 Å². The number of hydrogen-bond donors (Lipinski definition) is 1. The number of amides is 2. The average Bonchev–Trinajstić information content (AvgIpc) is 2.96. The smallest absolute Gasteiger partial charge is 0.308 e. The zero-order valence-electron chi connectivity index (χ0n) is 24.7. The molecule has 1 atom stereocenters. The monoisotopic (exact) mass is 556 g/mol. The number of nitrogens with zero attached hydrogens (tertiary/aromatic N) is 1. The van der Waals surface area contributed by atoms with Gasteiger partial charge >= 0.3 is 5.97 Å². The highest BCUT2D eigenvalue weighted by Gasteiger charge is 2.35. The van der Waals surface area contributed by atoms with Gasteiger partial charge in [0.25, 0.3) is 0 Å². The molecule has 3 aromatic carbocycles. The Bertz CT molecular complexity index is 1420. The SMILES string of the molecule is CCCCCC(=O)N1Cc2cc(OCc3ccccc3)ccc2C[C@H]1C(=O)Nc1cc(C)c(OC(C)=O)c(C)c1C. The van der Waals surface area contributed by atoms with Gasteiger partial charge in [0.05, 0.1) is 0 Å². The van der Waals surface area contributed by atoms with Crippen LogP contribution in [0.1, 0.15) is 72.9 Å². The van der Waals surface area contributed by atoms with Crippen molar-refractivity contribution < 1.29 is 23.9 Å². The summed E-state index contributed by atoms with van der Waals surface area (Å²) in [4.78, 5) is 40.5. The molecule has 0 saturated carbocycles. The highest BCUT2D eigenvalue weighted by Crippen LogP contribution is 2.33. The van der Waals surface area contributed by atoms with Crippen LogP contribution in [-0.2, 0) is 34.0 Å². The lowest BCUT2D eigenvalue weighted by atomic mass is 9.92. The first-order valence-electron chi connectivity index (χ1n) is 14.4. The third-order valence-electron chi connectivity index (χ3n) is 7.70. The van der Waals surface area contributed by atoms with Crippen LogP contribution in [0.15, 0.2) is 54.6 Å². The summed E-state index contributed by atoms with van der Waals surface area (Å²) in [6.45, 7) is 9.88. The summed E-state index contributed by atoms with van der Waals surface area (Å²) in [5.41, 5.74) is 6.12. The maximum atomic E-state index is 13.8. The number of hydrogen-bond acceptors (Lipinski definition) is 5. The van der Waals surface area contributed by atoms with Crippen molar-refractivity contribution in [3.05, 3.63) is 88.0 Å². The molecular formula is C34H40N2O5. The van der Waals surface area contributed by atoms with E-state index in [1.165, 1.54) is 6.92 Å². The standard InChI is InChI=1S/C34H40N2O5/c1-6-7-9-14-32(38)36-20-28-18-29(40-21-26-12-10-8-11-13-26)16-15-27(28)19-31(36)34(39)35-30-17-22(2)33(41-25(5)37)24(4)23(30)3/h8,10-13,15-18,31H,6-7,9,14,19-21H2,1-5H3,(H,35,39)/t31-/m0/s1. The Morgan fingerprint density at radius 2 is 1.71 bits per heavy atom. The molecule has 0 spiro atoms. The van der Waals surface area contributed by atoms with Crippen molar-refractivity contribution in [3.63, 3.8) is 0 Å². The summed E-state index contributed by atoms with van der Waals surface area (Å²) in [7, 11) is 0. The second-order valence-electron chi connectivity index (χ2n) is 10.8. The fraction of sp³-hybridized carbons (Fsp3) is 0.382. The predicted molar refractivity (Wildman–Crippen MR) is 160 cm³/mol. The Labute approximate surface area is 242 Å². The quantitative estimate of drug-likeness (QED) is 0.173. The molecule has 0 unspecified atom stereocenters. The highest BCUT2D eigenvalue weighted by atomic mass is 16.5. The molecule has 3 aromatic rings. The van der Waals surface area contributed by atoms with E-state index in [1.807, 2.05) is 75.4 Å². The number of esters is 1. The van der Waals surface area contributed by atoms with Crippen LogP contribution in [0.25, 0.3) is 0 Å². The maximum absolute atomic E-state index is 13.8. The molecule has 0 bridgehead atoms. The van der Waals surface area contributed by atoms with Crippen molar-refractivity contribution in [3.8, 4) is 11.5 Å². The van der Waals surface area contributed by atoms with Gasteiger partial charge in [-0.15, -0.1) is 0 Å². The lowest BCUT2D eigenvalue weighted by molar-refractivity contribution is -0.140. The van der Waals surface area contributed by atoms with Crippen LogP contribution in [0.3, 0.4) is 0 Å². The summed E-state index contributed by atoms with van der Waals surface area (Å²) in [6, 6.07) is 17.1. The van der Waals surface area contributed by atoms with Crippen molar-refractivity contribution >= 4 is 23.5 Å². The number of aryl methyl sites for hydroxylation is 1. The summed E-state index contributed by atoms with van der Waals surface area (Å²) in [5, 5.41) is 3.08. The van der Waals surface area contributed by atoms with Gasteiger partial charge in [-0.2, -0.15) is 0 Å². The minimum absolute atomic E-state index is 0.0193. The van der Waals surface area contributed by atoms with Crippen molar-refractivity contribution in [1.29, 1.82) is 0 Å². The fourth-order valence-electron chi connectivity index (χ4n) is 5.26. The van der Waals surface area contributed by atoms with Crippen molar-refractivity contribution in [1.82, 2.24) is 4.90 Å². The summed E-state index contributed by atoms with van der Waals surface area (Å²) < 4.78 is 11.4. The number of nitrogens with one attached hydrogen (secondary N) is 1. The molecular weight excluding hydrogens is 516 g/mol. The fourth-order valence-corrected chi connectivity index (χ4v) is 5.26. The number of ether oxygens (including phenoxy) is 2. The largest absolute Gasteiger partial charge is 0.489 e. The molecule has 7 heteroatoms. The zero-order chi connectivity index (χ0) is 29.5. The molecule has 0 saturated heterocycles. The van der Waals surface area contributed by atoms with Crippen LogP contribution in [-0.4, -0.2) is 28.7 Å². The Kier molecular flexibility index (Phi) is 9.82. The second kappa shape index (κ2) is 13.5. The highest BCUT2D eigenvalue weighted by molar-refractivity contribution is 5.98. The molecule has 1 N–H and O–H groups in total. The number of rotatable bonds is 10. The van der Waals surface area contributed by atoms with Crippen LogP contribution < -0.4 is 14.8 Å². The van der Waals surface area contributed by atoms with Gasteiger partial charge in [-0.3, -0.25) is 14.4 Å². The summed E-state index contributed by atoms with van der Waals surface area (Å²) in [6.07, 6.45) is 3.61. The van der Waals surface area contributed by atoms with Crippen molar-refractivity contribution in [2.75, 3.05) is 5.32 Å². The minimum atomic E-state index is -0.638. The van der Waals surface area contributed by atoms with Gasteiger partial charge in [-0.1, -0.05) is 56.2 Å². The van der Waals surface area contributed by atoms with Gasteiger partial charge in [0.15, 0.2) is 0 Å². The van der Waals surface area contributed by atoms with Gasteiger partial charge in [0.1, 0.15) is 24.1 Å². The molecule has 2 amide bonds. The van der Waals surface area contributed by atoms with E-state index in [0.29, 0.717) is 37.4 Å². The summed E-state index contributed by atoms with van der Waals surface area (Å²) >= 11 is 0. The predicted octanol–water partition coefficient (Wildman–Crippen LogP) is 6.59. The first-order chi connectivity index (χ1) is 19.7. The second-order valence-corrected chi connectivity index (χ2v) is 10.8. The molecule has 1 heterocycles. The maximum Gasteiger partial charge on any atom is 0.308 e. The molecule has 7 nitrogen and oxygen atoms in total.